The Bertz CT molecular complexity index is 287. The average molecular weight is 160 g/mol. The molecule has 0 aliphatic carbocycles. The molecule has 0 aliphatic heterocycles. The maximum atomic E-state index is 8.66. The first-order valence-corrected chi connectivity index (χ1v) is 3.99. The normalized spacial score (nSPS) is 8.83. The fraction of sp³-hybridized carbons (Fsp3) is 0.273. The summed E-state index contributed by atoms with van der Waals surface area (Å²) in [7, 11) is 0. The van der Waals surface area contributed by atoms with Crippen LogP contribution in [0.1, 0.15) is 18.1 Å². The van der Waals surface area contributed by atoms with Crippen LogP contribution >= 0.6 is 0 Å². The quantitative estimate of drug-likeness (QED) is 0.651. The van der Waals surface area contributed by atoms with Gasteiger partial charge in [0.15, 0.2) is 0 Å². The van der Waals surface area contributed by atoms with E-state index in [1.807, 2.05) is 31.2 Å². The average Bonchev–Trinajstić information content (AvgIpc) is 2.09. The summed E-state index contributed by atoms with van der Waals surface area (Å²) in [5.41, 5.74) is 2.18. The molecule has 12 heavy (non-hydrogen) atoms. The lowest BCUT2D eigenvalue weighted by Gasteiger charge is -1.96. The minimum absolute atomic E-state index is 0.207. The second kappa shape index (κ2) is 4.58. The molecule has 0 unspecified atom stereocenters. The van der Waals surface area contributed by atoms with Gasteiger partial charge < -0.3 is 5.11 Å². The molecule has 0 atom stereocenters. The molecule has 0 spiro atoms. The molecule has 1 N–H and O–H groups in total. The van der Waals surface area contributed by atoms with Crippen molar-refractivity contribution in [1.29, 1.82) is 0 Å². The van der Waals surface area contributed by atoms with Crippen molar-refractivity contribution in [1.82, 2.24) is 0 Å². The maximum Gasteiger partial charge on any atom is 0.0471 e. The van der Waals surface area contributed by atoms with Gasteiger partial charge in [0, 0.05) is 12.2 Å². The highest BCUT2D eigenvalue weighted by molar-refractivity contribution is 5.35. The van der Waals surface area contributed by atoms with Crippen LogP contribution < -0.4 is 0 Å². The fourth-order valence-electron chi connectivity index (χ4n) is 1.03. The van der Waals surface area contributed by atoms with Crippen molar-refractivity contribution in [3.8, 4) is 11.8 Å². The summed E-state index contributed by atoms with van der Waals surface area (Å²) in [5, 5.41) is 8.66. The lowest BCUT2D eigenvalue weighted by atomic mass is 10.1. The third kappa shape index (κ3) is 2.41. The summed E-state index contributed by atoms with van der Waals surface area (Å²) >= 11 is 0. The van der Waals surface area contributed by atoms with Gasteiger partial charge in [-0.05, 0) is 31.0 Å². The van der Waals surface area contributed by atoms with Crippen LogP contribution in [-0.4, -0.2) is 11.7 Å². The Morgan fingerprint density at radius 2 is 1.92 bits per heavy atom. The van der Waals surface area contributed by atoms with E-state index in [1.165, 1.54) is 0 Å². The van der Waals surface area contributed by atoms with Gasteiger partial charge in [0.25, 0.3) is 0 Å². The summed E-state index contributed by atoms with van der Waals surface area (Å²) < 4.78 is 0. The molecule has 1 rings (SSSR count). The van der Waals surface area contributed by atoms with Gasteiger partial charge in [-0.15, -0.1) is 5.92 Å². The first kappa shape index (κ1) is 8.83. The van der Waals surface area contributed by atoms with Gasteiger partial charge in [-0.2, -0.15) is 0 Å². The van der Waals surface area contributed by atoms with Crippen molar-refractivity contribution in [3.63, 3.8) is 0 Å². The highest BCUT2D eigenvalue weighted by Crippen LogP contribution is 2.03. The Hall–Kier alpha value is -1.26. The predicted molar refractivity (Wildman–Crippen MR) is 49.8 cm³/mol. The molecule has 62 valence electrons. The van der Waals surface area contributed by atoms with E-state index in [0.717, 1.165) is 17.5 Å². The van der Waals surface area contributed by atoms with Crippen molar-refractivity contribution in [2.75, 3.05) is 6.61 Å². The van der Waals surface area contributed by atoms with Gasteiger partial charge >= 0.3 is 0 Å². The Labute approximate surface area is 73.0 Å². The molecule has 1 aromatic carbocycles. The van der Waals surface area contributed by atoms with Crippen LogP contribution in [0.15, 0.2) is 24.3 Å². The molecule has 0 saturated heterocycles. The second-order valence-corrected chi connectivity index (χ2v) is 2.55. The first-order valence-electron chi connectivity index (χ1n) is 3.99. The predicted octanol–water partition coefficient (Wildman–Crippen LogP) is 1.59. The van der Waals surface area contributed by atoms with Gasteiger partial charge in [0.05, 0.1) is 0 Å². The zero-order chi connectivity index (χ0) is 8.81. The number of aliphatic hydroxyl groups is 1. The summed E-state index contributed by atoms with van der Waals surface area (Å²) in [6, 6.07) is 7.94. The van der Waals surface area contributed by atoms with E-state index in [9.17, 15) is 0 Å². The second-order valence-electron chi connectivity index (χ2n) is 2.55. The summed E-state index contributed by atoms with van der Waals surface area (Å²) in [6.45, 7) is 2.03. The highest BCUT2D eigenvalue weighted by Gasteiger charge is 1.90. The topological polar surface area (TPSA) is 20.2 Å². The van der Waals surface area contributed by atoms with E-state index < -0.39 is 0 Å². The van der Waals surface area contributed by atoms with Crippen molar-refractivity contribution in [2.45, 2.75) is 13.3 Å². The van der Waals surface area contributed by atoms with Gasteiger partial charge in [-0.1, -0.05) is 18.1 Å². The third-order valence-electron chi connectivity index (χ3n) is 1.62. The third-order valence-corrected chi connectivity index (χ3v) is 1.62. The first-order chi connectivity index (χ1) is 5.86. The van der Waals surface area contributed by atoms with Gasteiger partial charge in [-0.3, -0.25) is 0 Å². The largest absolute Gasteiger partial charge is 0.396 e. The maximum absolute atomic E-state index is 8.66. The van der Waals surface area contributed by atoms with Crippen LogP contribution in [0.4, 0.5) is 0 Å². The van der Waals surface area contributed by atoms with Crippen LogP contribution in [0, 0.1) is 11.8 Å². The Morgan fingerprint density at radius 3 is 2.42 bits per heavy atom. The van der Waals surface area contributed by atoms with Crippen LogP contribution in [0.3, 0.4) is 0 Å². The van der Waals surface area contributed by atoms with Crippen molar-refractivity contribution < 1.29 is 5.11 Å². The van der Waals surface area contributed by atoms with Crippen molar-refractivity contribution >= 4 is 0 Å². The molecule has 0 saturated carbocycles. The zero-order valence-electron chi connectivity index (χ0n) is 7.17. The smallest absolute Gasteiger partial charge is 0.0471 e. The molecule has 0 fully saturated rings. The minimum Gasteiger partial charge on any atom is -0.396 e. The van der Waals surface area contributed by atoms with Crippen LogP contribution in [0.25, 0.3) is 0 Å². The SMILES string of the molecule is CC#Cc1ccc(CCO)cc1. The Balaban J connectivity index is 2.76. The number of hydrogen-bond acceptors (Lipinski definition) is 1. The monoisotopic (exact) mass is 160 g/mol. The lowest BCUT2D eigenvalue weighted by Crippen LogP contribution is -1.89. The highest BCUT2D eigenvalue weighted by atomic mass is 16.2. The van der Waals surface area contributed by atoms with E-state index in [2.05, 4.69) is 11.8 Å². The van der Waals surface area contributed by atoms with Gasteiger partial charge in [-0.25, -0.2) is 0 Å². The molecule has 0 aromatic heterocycles. The number of hydrogen-bond donors (Lipinski definition) is 1. The van der Waals surface area contributed by atoms with Crippen LogP contribution in [0.5, 0.6) is 0 Å². The van der Waals surface area contributed by atoms with E-state index in [-0.39, 0.29) is 6.61 Å². The number of aliphatic hydroxyl groups excluding tert-OH is 1. The molecule has 1 heteroatoms. The van der Waals surface area contributed by atoms with E-state index in [0.29, 0.717) is 0 Å². The summed E-state index contributed by atoms with van der Waals surface area (Å²) in [4.78, 5) is 0. The molecular formula is C11H12O. The molecule has 1 aromatic rings. The minimum atomic E-state index is 0.207. The molecule has 0 radical (unpaired) electrons. The lowest BCUT2D eigenvalue weighted by molar-refractivity contribution is 0.299. The number of rotatable bonds is 2. The summed E-state index contributed by atoms with van der Waals surface area (Å²) in [5.74, 6) is 5.80. The van der Waals surface area contributed by atoms with E-state index >= 15 is 0 Å². The number of benzene rings is 1. The molecule has 0 bridgehead atoms. The van der Waals surface area contributed by atoms with Gasteiger partial charge in [0.2, 0.25) is 0 Å². The zero-order valence-corrected chi connectivity index (χ0v) is 7.17. The van der Waals surface area contributed by atoms with Crippen molar-refractivity contribution in [3.05, 3.63) is 35.4 Å². The molecule has 0 aliphatic rings. The molecular weight excluding hydrogens is 148 g/mol. The van der Waals surface area contributed by atoms with E-state index in [1.54, 1.807) is 0 Å². The van der Waals surface area contributed by atoms with E-state index in [4.69, 9.17) is 5.11 Å². The Kier molecular flexibility index (Phi) is 3.37. The molecule has 0 heterocycles. The standard InChI is InChI=1S/C11H12O/c1-2-3-10-4-6-11(7-5-10)8-9-12/h4-7,12H,8-9H2,1H3. The van der Waals surface area contributed by atoms with Gasteiger partial charge in [0.1, 0.15) is 0 Å². The van der Waals surface area contributed by atoms with Crippen LogP contribution in [-0.2, 0) is 6.42 Å². The summed E-state index contributed by atoms with van der Waals surface area (Å²) in [6.07, 6.45) is 0.722. The van der Waals surface area contributed by atoms with Crippen molar-refractivity contribution in [2.24, 2.45) is 0 Å². The fourth-order valence-corrected chi connectivity index (χ4v) is 1.03. The Morgan fingerprint density at radius 1 is 1.25 bits per heavy atom. The molecule has 0 amide bonds. The molecule has 1 nitrogen and oxygen atoms in total. The van der Waals surface area contributed by atoms with Crippen LogP contribution in [0.2, 0.25) is 0 Å².